The molecule has 2 aromatic carbocycles. The van der Waals surface area contributed by atoms with Gasteiger partial charge >= 0.3 is 5.97 Å². The van der Waals surface area contributed by atoms with Gasteiger partial charge in [-0.15, -0.1) is 0 Å². The molecule has 148 valence electrons. The predicted molar refractivity (Wildman–Crippen MR) is 104 cm³/mol. The zero-order valence-electron chi connectivity index (χ0n) is 15.2. The number of halogens is 1. The summed E-state index contributed by atoms with van der Waals surface area (Å²) in [6, 6.07) is 8.16. The van der Waals surface area contributed by atoms with E-state index in [0.717, 1.165) is 0 Å². The van der Waals surface area contributed by atoms with Crippen LogP contribution >= 0.6 is 15.9 Å². The van der Waals surface area contributed by atoms with Crippen LogP contribution in [0.2, 0.25) is 0 Å². The van der Waals surface area contributed by atoms with Gasteiger partial charge in [-0.3, -0.25) is 4.79 Å². The van der Waals surface area contributed by atoms with Crippen molar-refractivity contribution >= 4 is 33.5 Å². The van der Waals surface area contributed by atoms with E-state index in [9.17, 15) is 9.59 Å². The summed E-state index contributed by atoms with van der Waals surface area (Å²) in [7, 11) is 2.88. The van der Waals surface area contributed by atoms with Crippen molar-refractivity contribution < 1.29 is 33.3 Å². The van der Waals surface area contributed by atoms with Gasteiger partial charge in [0.25, 0.3) is 5.91 Å². The molecule has 1 N–H and O–H groups in total. The molecule has 0 aliphatic carbocycles. The third-order valence-corrected chi connectivity index (χ3v) is 4.52. The standard InChI is InChI=1S/C19H18BrNO7/c1-24-14-5-3-4-11(18(14)25-2)19(23)28-10-17(22)21-13-9-16-15(8-12(13)20)26-6-7-27-16/h3-5,8-9H,6-7,10H2,1-2H3,(H,21,22). The second-order valence-electron chi connectivity index (χ2n) is 5.64. The largest absolute Gasteiger partial charge is 0.493 e. The normalized spacial score (nSPS) is 12.1. The second-order valence-corrected chi connectivity index (χ2v) is 6.50. The first-order chi connectivity index (χ1) is 13.5. The first-order valence-electron chi connectivity index (χ1n) is 8.30. The number of ether oxygens (including phenoxy) is 5. The molecule has 0 atom stereocenters. The molecule has 1 amide bonds. The van der Waals surface area contributed by atoms with Crippen LogP contribution in [-0.2, 0) is 9.53 Å². The van der Waals surface area contributed by atoms with E-state index in [-0.39, 0.29) is 11.3 Å². The number of nitrogens with one attached hydrogen (secondary N) is 1. The predicted octanol–water partition coefficient (Wildman–Crippen LogP) is 3.03. The maximum Gasteiger partial charge on any atom is 0.342 e. The van der Waals surface area contributed by atoms with Gasteiger partial charge in [0.1, 0.15) is 18.8 Å². The van der Waals surface area contributed by atoms with E-state index in [2.05, 4.69) is 21.2 Å². The second kappa shape index (κ2) is 8.83. The Morgan fingerprint density at radius 1 is 1.11 bits per heavy atom. The van der Waals surface area contributed by atoms with Crippen molar-refractivity contribution in [2.24, 2.45) is 0 Å². The van der Waals surface area contributed by atoms with Crippen LogP contribution < -0.4 is 24.3 Å². The number of amides is 1. The average molecular weight is 452 g/mol. The van der Waals surface area contributed by atoms with E-state index in [1.165, 1.54) is 20.3 Å². The quantitative estimate of drug-likeness (QED) is 0.674. The molecular formula is C19H18BrNO7. The third-order valence-electron chi connectivity index (χ3n) is 3.86. The lowest BCUT2D eigenvalue weighted by Gasteiger charge is -2.20. The Bertz CT molecular complexity index is 900. The van der Waals surface area contributed by atoms with E-state index in [4.69, 9.17) is 23.7 Å². The number of carbonyl (C=O) groups is 2. The molecule has 0 unspecified atom stereocenters. The number of hydrogen-bond donors (Lipinski definition) is 1. The fraction of sp³-hybridized carbons (Fsp3) is 0.263. The number of carbonyl (C=O) groups excluding carboxylic acids is 2. The molecule has 2 aromatic rings. The van der Waals surface area contributed by atoms with Crippen LogP contribution in [0, 0.1) is 0 Å². The van der Waals surface area contributed by atoms with Crippen LogP contribution in [-0.4, -0.2) is 45.9 Å². The fourth-order valence-electron chi connectivity index (χ4n) is 2.60. The Kier molecular flexibility index (Phi) is 6.25. The Labute approximate surface area is 169 Å². The van der Waals surface area contributed by atoms with Gasteiger partial charge in [-0.25, -0.2) is 4.79 Å². The monoisotopic (exact) mass is 451 g/mol. The summed E-state index contributed by atoms with van der Waals surface area (Å²) in [4.78, 5) is 24.5. The zero-order chi connectivity index (χ0) is 20.1. The molecule has 1 aliphatic rings. The Morgan fingerprint density at radius 2 is 1.82 bits per heavy atom. The Morgan fingerprint density at radius 3 is 2.50 bits per heavy atom. The van der Waals surface area contributed by atoms with Gasteiger partial charge in [0.05, 0.1) is 19.9 Å². The summed E-state index contributed by atoms with van der Waals surface area (Å²) in [5.74, 6) is 0.543. The van der Waals surface area contributed by atoms with Gasteiger partial charge in [0.15, 0.2) is 29.6 Å². The summed E-state index contributed by atoms with van der Waals surface area (Å²) in [6.07, 6.45) is 0. The van der Waals surface area contributed by atoms with E-state index >= 15 is 0 Å². The van der Waals surface area contributed by atoms with Crippen LogP contribution in [0.15, 0.2) is 34.8 Å². The number of fused-ring (bicyclic) bond motifs is 1. The maximum absolute atomic E-state index is 12.3. The van der Waals surface area contributed by atoms with Gasteiger partial charge in [-0.2, -0.15) is 0 Å². The molecule has 1 aliphatic heterocycles. The molecule has 28 heavy (non-hydrogen) atoms. The molecule has 0 saturated carbocycles. The topological polar surface area (TPSA) is 92.3 Å². The van der Waals surface area contributed by atoms with Crippen LogP contribution in [0.1, 0.15) is 10.4 Å². The lowest BCUT2D eigenvalue weighted by atomic mass is 10.2. The fourth-order valence-corrected chi connectivity index (χ4v) is 3.02. The maximum atomic E-state index is 12.3. The molecule has 1 heterocycles. The highest BCUT2D eigenvalue weighted by Gasteiger charge is 2.20. The van der Waals surface area contributed by atoms with Gasteiger partial charge < -0.3 is 29.0 Å². The number of hydrogen-bond acceptors (Lipinski definition) is 7. The molecule has 3 rings (SSSR count). The van der Waals surface area contributed by atoms with Crippen molar-refractivity contribution in [2.45, 2.75) is 0 Å². The van der Waals surface area contributed by atoms with Crippen molar-refractivity contribution in [1.82, 2.24) is 0 Å². The molecular weight excluding hydrogens is 434 g/mol. The number of para-hydroxylation sites is 1. The smallest absolute Gasteiger partial charge is 0.342 e. The molecule has 0 radical (unpaired) electrons. The summed E-state index contributed by atoms with van der Waals surface area (Å²) in [5, 5.41) is 2.66. The summed E-state index contributed by atoms with van der Waals surface area (Å²) in [6.45, 7) is 0.427. The molecule has 0 bridgehead atoms. The third kappa shape index (κ3) is 4.30. The van der Waals surface area contributed by atoms with E-state index in [0.29, 0.717) is 40.6 Å². The minimum atomic E-state index is -0.702. The van der Waals surface area contributed by atoms with Gasteiger partial charge in [0, 0.05) is 16.6 Å². The summed E-state index contributed by atoms with van der Waals surface area (Å²) >= 11 is 3.37. The number of methoxy groups -OCH3 is 2. The minimum Gasteiger partial charge on any atom is -0.493 e. The van der Waals surface area contributed by atoms with Gasteiger partial charge in [-0.1, -0.05) is 6.07 Å². The lowest BCUT2D eigenvalue weighted by Crippen LogP contribution is -2.22. The van der Waals surface area contributed by atoms with Crippen LogP contribution in [0.25, 0.3) is 0 Å². The number of rotatable bonds is 6. The molecule has 0 spiro atoms. The van der Waals surface area contributed by atoms with E-state index in [1.807, 2.05) is 0 Å². The first-order valence-corrected chi connectivity index (χ1v) is 9.10. The van der Waals surface area contributed by atoms with Crippen LogP contribution in [0.5, 0.6) is 23.0 Å². The van der Waals surface area contributed by atoms with Gasteiger partial charge in [0.2, 0.25) is 0 Å². The van der Waals surface area contributed by atoms with Crippen molar-refractivity contribution in [1.29, 1.82) is 0 Å². The molecule has 0 fully saturated rings. The highest BCUT2D eigenvalue weighted by Crippen LogP contribution is 2.38. The summed E-state index contributed by atoms with van der Waals surface area (Å²) < 4.78 is 27.0. The number of esters is 1. The molecule has 0 aromatic heterocycles. The zero-order valence-corrected chi connectivity index (χ0v) is 16.8. The van der Waals surface area contributed by atoms with Gasteiger partial charge in [-0.05, 0) is 28.1 Å². The SMILES string of the molecule is COc1cccc(C(=O)OCC(=O)Nc2cc3c(cc2Br)OCCO3)c1OC. The lowest BCUT2D eigenvalue weighted by molar-refractivity contribution is -0.119. The summed E-state index contributed by atoms with van der Waals surface area (Å²) in [5.41, 5.74) is 0.638. The van der Waals surface area contributed by atoms with Crippen molar-refractivity contribution in [3.63, 3.8) is 0 Å². The number of anilines is 1. The Balaban J connectivity index is 1.64. The van der Waals surface area contributed by atoms with E-state index < -0.39 is 18.5 Å². The first kappa shape index (κ1) is 19.8. The van der Waals surface area contributed by atoms with Crippen molar-refractivity contribution in [2.75, 3.05) is 39.4 Å². The molecule has 0 saturated heterocycles. The highest BCUT2D eigenvalue weighted by atomic mass is 79.9. The van der Waals surface area contributed by atoms with Crippen LogP contribution in [0.3, 0.4) is 0 Å². The minimum absolute atomic E-state index is 0.162. The van der Waals surface area contributed by atoms with E-state index in [1.54, 1.807) is 24.3 Å². The molecule has 9 heteroatoms. The Hall–Kier alpha value is -2.94. The number of benzene rings is 2. The molecule has 8 nitrogen and oxygen atoms in total. The average Bonchev–Trinajstić information content (AvgIpc) is 2.71. The highest BCUT2D eigenvalue weighted by molar-refractivity contribution is 9.10. The van der Waals surface area contributed by atoms with Crippen molar-refractivity contribution in [3.8, 4) is 23.0 Å². The van der Waals surface area contributed by atoms with Crippen LogP contribution in [0.4, 0.5) is 5.69 Å². The van der Waals surface area contributed by atoms with Crippen molar-refractivity contribution in [3.05, 3.63) is 40.4 Å².